The van der Waals surface area contributed by atoms with Crippen LogP contribution in [0.15, 0.2) is 0 Å². The molecule has 0 aromatic heterocycles. The lowest BCUT2D eigenvalue weighted by atomic mass is 10.3. The molecule has 0 N–H and O–H groups in total. The topological polar surface area (TPSA) is 82.1 Å². The van der Waals surface area contributed by atoms with Gasteiger partial charge in [0, 0.05) is 32.5 Å². The molecule has 0 spiro atoms. The van der Waals surface area contributed by atoms with E-state index in [1.165, 1.54) is 0 Å². The molecule has 128 valence electrons. The molecule has 0 aliphatic carbocycles. The van der Waals surface area contributed by atoms with Gasteiger partial charge in [0.15, 0.2) is 0 Å². The number of ether oxygens (including phenoxy) is 3. The van der Waals surface area contributed by atoms with Crippen molar-refractivity contribution in [3.63, 3.8) is 0 Å². The summed E-state index contributed by atoms with van der Waals surface area (Å²) in [5, 5.41) is 0. The first-order valence-corrected chi connectivity index (χ1v) is 7.72. The number of hydrogen-bond donors (Lipinski definition) is 0. The molecule has 0 rings (SSSR count). The number of carbonyl (C=O) groups excluding carboxylic acids is 3. The third-order valence-corrected chi connectivity index (χ3v) is 2.86. The fourth-order valence-corrected chi connectivity index (χ4v) is 1.60. The van der Waals surface area contributed by atoms with Crippen LogP contribution in [-0.4, -0.2) is 62.3 Å². The summed E-state index contributed by atoms with van der Waals surface area (Å²) in [5.74, 6) is -0.797. The van der Waals surface area contributed by atoms with Gasteiger partial charge in [-0.3, -0.25) is 19.3 Å². The van der Waals surface area contributed by atoms with E-state index in [-0.39, 0.29) is 37.5 Å². The lowest BCUT2D eigenvalue weighted by Crippen LogP contribution is -2.34. The summed E-state index contributed by atoms with van der Waals surface area (Å²) in [5.41, 5.74) is 0. The van der Waals surface area contributed by atoms with E-state index in [9.17, 15) is 14.4 Å². The fourth-order valence-electron chi connectivity index (χ4n) is 1.60. The molecule has 7 heteroatoms. The normalized spacial score (nSPS) is 10.4. The third kappa shape index (κ3) is 11.1. The van der Waals surface area contributed by atoms with Crippen LogP contribution in [0.2, 0.25) is 0 Å². The van der Waals surface area contributed by atoms with Crippen molar-refractivity contribution in [3.05, 3.63) is 0 Å². The van der Waals surface area contributed by atoms with E-state index in [2.05, 4.69) is 0 Å². The first kappa shape index (κ1) is 20.4. The Hall–Kier alpha value is -1.63. The molecule has 7 nitrogen and oxygen atoms in total. The molecule has 0 saturated heterocycles. The average Bonchev–Trinajstić information content (AvgIpc) is 2.51. The highest BCUT2D eigenvalue weighted by molar-refractivity contribution is 5.69. The van der Waals surface area contributed by atoms with Crippen molar-refractivity contribution in [1.29, 1.82) is 0 Å². The molecule has 0 aliphatic heterocycles. The quantitative estimate of drug-likeness (QED) is 0.394. The van der Waals surface area contributed by atoms with Crippen LogP contribution in [0.3, 0.4) is 0 Å². The van der Waals surface area contributed by atoms with Crippen molar-refractivity contribution in [2.24, 2.45) is 0 Å². The molecular weight excluding hydrogens is 290 g/mol. The molecule has 0 aromatic carbocycles. The van der Waals surface area contributed by atoms with Crippen molar-refractivity contribution in [2.75, 3.05) is 39.5 Å². The summed E-state index contributed by atoms with van der Waals surface area (Å²) in [4.78, 5) is 35.5. The maximum Gasteiger partial charge on any atom is 0.307 e. The highest BCUT2D eigenvalue weighted by atomic mass is 16.5. The van der Waals surface area contributed by atoms with Gasteiger partial charge in [0.25, 0.3) is 0 Å². The monoisotopic (exact) mass is 317 g/mol. The highest BCUT2D eigenvalue weighted by Crippen LogP contribution is 1.97. The van der Waals surface area contributed by atoms with Gasteiger partial charge in [-0.05, 0) is 6.92 Å². The lowest BCUT2D eigenvalue weighted by Gasteiger charge is -2.21. The highest BCUT2D eigenvalue weighted by Gasteiger charge is 2.11. The number of esters is 3. The van der Waals surface area contributed by atoms with Crippen LogP contribution < -0.4 is 0 Å². The van der Waals surface area contributed by atoms with Gasteiger partial charge in [-0.2, -0.15) is 0 Å². The minimum atomic E-state index is -0.274. The number of carbonyl (C=O) groups is 3. The molecule has 0 amide bonds. The van der Waals surface area contributed by atoms with Crippen LogP contribution in [-0.2, 0) is 28.6 Å². The summed E-state index contributed by atoms with van der Waals surface area (Å²) in [6.45, 7) is 7.48. The predicted molar refractivity (Wildman–Crippen MR) is 80.2 cm³/mol. The van der Waals surface area contributed by atoms with Gasteiger partial charge < -0.3 is 14.2 Å². The van der Waals surface area contributed by atoms with Gasteiger partial charge >= 0.3 is 17.9 Å². The number of rotatable bonds is 12. The second kappa shape index (κ2) is 13.1. The minimum Gasteiger partial charge on any atom is -0.466 e. The molecule has 0 saturated carbocycles. The van der Waals surface area contributed by atoms with Gasteiger partial charge in [0.05, 0.1) is 13.0 Å². The van der Waals surface area contributed by atoms with Gasteiger partial charge in [-0.1, -0.05) is 13.8 Å². The Bertz CT molecular complexity index is 323. The van der Waals surface area contributed by atoms with Crippen molar-refractivity contribution in [3.8, 4) is 0 Å². The molecule has 0 aromatic rings. The first-order chi connectivity index (χ1) is 10.5. The second-order valence-electron chi connectivity index (χ2n) is 4.54. The largest absolute Gasteiger partial charge is 0.466 e. The summed E-state index contributed by atoms with van der Waals surface area (Å²) >= 11 is 0. The van der Waals surface area contributed by atoms with E-state index in [0.717, 1.165) is 0 Å². The number of hydrogen-bond acceptors (Lipinski definition) is 7. The Morgan fingerprint density at radius 3 is 1.64 bits per heavy atom. The Labute approximate surface area is 131 Å². The van der Waals surface area contributed by atoms with Gasteiger partial charge in [0.1, 0.15) is 13.2 Å². The van der Waals surface area contributed by atoms with Gasteiger partial charge in [-0.15, -0.1) is 0 Å². The summed E-state index contributed by atoms with van der Waals surface area (Å²) in [6.07, 6.45) is 0.908. The van der Waals surface area contributed by atoms with Crippen LogP contribution >= 0.6 is 0 Å². The van der Waals surface area contributed by atoms with Crippen LogP contribution in [0, 0.1) is 0 Å². The molecule has 0 radical (unpaired) electrons. The average molecular weight is 317 g/mol. The van der Waals surface area contributed by atoms with Crippen molar-refractivity contribution in [1.82, 2.24) is 4.90 Å². The lowest BCUT2D eigenvalue weighted by molar-refractivity contribution is -0.146. The maximum atomic E-state index is 11.4. The van der Waals surface area contributed by atoms with E-state index < -0.39 is 0 Å². The SMILES string of the molecule is CCOC(=O)CCN(CCOC(=O)CC)CCOC(=O)CC. The fraction of sp³-hybridized carbons (Fsp3) is 0.800. The van der Waals surface area contributed by atoms with E-state index >= 15 is 0 Å². The molecular formula is C15H27NO6. The first-order valence-electron chi connectivity index (χ1n) is 7.72. The standard InChI is InChI=1S/C15H27NO6/c1-4-13(17)21-11-9-16(8-7-15(19)20-6-3)10-12-22-14(18)5-2/h4-12H2,1-3H3. The predicted octanol–water partition coefficient (Wildman–Crippen LogP) is 1.15. The summed E-state index contributed by atoms with van der Waals surface area (Å²) < 4.78 is 14.9. The van der Waals surface area contributed by atoms with Crippen LogP contribution in [0.4, 0.5) is 0 Å². The van der Waals surface area contributed by atoms with Crippen molar-refractivity contribution in [2.45, 2.75) is 40.0 Å². The summed E-state index contributed by atoms with van der Waals surface area (Å²) in [7, 11) is 0. The molecule has 0 unspecified atom stereocenters. The molecule has 0 heterocycles. The number of nitrogens with zero attached hydrogens (tertiary/aromatic N) is 1. The Morgan fingerprint density at radius 2 is 1.23 bits per heavy atom. The molecule has 0 atom stereocenters. The van der Waals surface area contributed by atoms with Crippen LogP contribution in [0.5, 0.6) is 0 Å². The Kier molecular flexibility index (Phi) is 12.1. The van der Waals surface area contributed by atoms with Crippen molar-refractivity contribution < 1.29 is 28.6 Å². The van der Waals surface area contributed by atoms with Crippen LogP contribution in [0.25, 0.3) is 0 Å². The zero-order valence-electron chi connectivity index (χ0n) is 13.8. The van der Waals surface area contributed by atoms with E-state index in [4.69, 9.17) is 14.2 Å². The second-order valence-corrected chi connectivity index (χ2v) is 4.54. The zero-order chi connectivity index (χ0) is 16.8. The van der Waals surface area contributed by atoms with Crippen molar-refractivity contribution >= 4 is 17.9 Å². The Morgan fingerprint density at radius 1 is 0.727 bits per heavy atom. The van der Waals surface area contributed by atoms with E-state index in [0.29, 0.717) is 39.1 Å². The maximum absolute atomic E-state index is 11.4. The van der Waals surface area contributed by atoms with E-state index in [1.54, 1.807) is 20.8 Å². The minimum absolute atomic E-state index is 0.247. The van der Waals surface area contributed by atoms with E-state index in [1.807, 2.05) is 4.90 Å². The summed E-state index contributed by atoms with van der Waals surface area (Å²) in [6, 6.07) is 0. The third-order valence-electron chi connectivity index (χ3n) is 2.86. The smallest absolute Gasteiger partial charge is 0.307 e. The van der Waals surface area contributed by atoms with Gasteiger partial charge in [-0.25, -0.2) is 0 Å². The molecule has 0 aliphatic rings. The zero-order valence-corrected chi connectivity index (χ0v) is 13.8. The molecule has 22 heavy (non-hydrogen) atoms. The van der Waals surface area contributed by atoms with Gasteiger partial charge in [0.2, 0.25) is 0 Å². The van der Waals surface area contributed by atoms with Crippen LogP contribution in [0.1, 0.15) is 40.0 Å². The Balaban J connectivity index is 4.14. The molecule has 0 bridgehead atoms. The molecule has 0 fully saturated rings.